The quantitative estimate of drug-likeness (QED) is 0.847. The van der Waals surface area contributed by atoms with Crippen molar-refractivity contribution in [3.05, 3.63) is 35.9 Å². The third-order valence-electron chi connectivity index (χ3n) is 3.66. The lowest BCUT2D eigenvalue weighted by Crippen LogP contribution is -2.39. The molecule has 4 nitrogen and oxygen atoms in total. The zero-order valence-corrected chi connectivity index (χ0v) is 11.3. The summed E-state index contributed by atoms with van der Waals surface area (Å²) in [5.41, 5.74) is 7.12. The molecule has 0 aliphatic carbocycles. The third-order valence-corrected chi connectivity index (χ3v) is 3.66. The largest absolute Gasteiger partial charge is 0.376 e. The van der Waals surface area contributed by atoms with Crippen LogP contribution in [0.4, 0.5) is 0 Å². The Balaban J connectivity index is 1.84. The molecule has 1 aliphatic heterocycles. The summed E-state index contributed by atoms with van der Waals surface area (Å²) in [6.45, 7) is 3.26. The summed E-state index contributed by atoms with van der Waals surface area (Å²) in [6, 6.07) is 9.45. The van der Waals surface area contributed by atoms with Gasteiger partial charge in [-0.15, -0.1) is 0 Å². The van der Waals surface area contributed by atoms with Gasteiger partial charge in [0.2, 0.25) is 5.91 Å². The minimum atomic E-state index is -0.273. The van der Waals surface area contributed by atoms with Gasteiger partial charge in [0.1, 0.15) is 0 Å². The number of ether oxygens (including phenoxy) is 1. The molecule has 1 aromatic rings. The van der Waals surface area contributed by atoms with Gasteiger partial charge in [-0.05, 0) is 18.4 Å². The van der Waals surface area contributed by atoms with E-state index in [1.807, 2.05) is 37.3 Å². The van der Waals surface area contributed by atoms with Gasteiger partial charge in [0, 0.05) is 19.2 Å². The molecule has 1 aromatic carbocycles. The number of carbonyl (C=O) groups is 1. The van der Waals surface area contributed by atoms with Crippen LogP contribution in [0.25, 0.3) is 0 Å². The van der Waals surface area contributed by atoms with Gasteiger partial charge < -0.3 is 15.8 Å². The standard InChI is InChI=1S/C15H22N2O2/c1-11(14(16)12-6-3-2-4-7-12)15(18)17-10-13-8-5-9-19-13/h2-4,6-7,11,13-14H,5,8-10,16H2,1H3,(H,17,18)/t11-,13?,14?/m1/s1. The Morgan fingerprint density at radius 3 is 2.84 bits per heavy atom. The van der Waals surface area contributed by atoms with Crippen LogP contribution < -0.4 is 11.1 Å². The Bertz CT molecular complexity index is 402. The number of benzene rings is 1. The van der Waals surface area contributed by atoms with E-state index in [1.54, 1.807) is 0 Å². The molecule has 0 aromatic heterocycles. The molecular weight excluding hydrogens is 240 g/mol. The van der Waals surface area contributed by atoms with Crippen LogP contribution >= 0.6 is 0 Å². The van der Waals surface area contributed by atoms with Crippen molar-refractivity contribution in [1.82, 2.24) is 5.32 Å². The van der Waals surface area contributed by atoms with E-state index in [2.05, 4.69) is 5.32 Å². The Morgan fingerprint density at radius 1 is 1.47 bits per heavy atom. The molecule has 2 unspecified atom stereocenters. The molecule has 4 heteroatoms. The van der Waals surface area contributed by atoms with E-state index in [4.69, 9.17) is 10.5 Å². The summed E-state index contributed by atoms with van der Waals surface area (Å²) >= 11 is 0. The summed E-state index contributed by atoms with van der Waals surface area (Å²) < 4.78 is 5.48. The smallest absolute Gasteiger partial charge is 0.224 e. The van der Waals surface area contributed by atoms with Gasteiger partial charge in [-0.2, -0.15) is 0 Å². The number of rotatable bonds is 5. The molecule has 0 radical (unpaired) electrons. The lowest BCUT2D eigenvalue weighted by Gasteiger charge is -2.20. The molecule has 0 bridgehead atoms. The first kappa shape index (κ1) is 14.0. The Morgan fingerprint density at radius 2 is 2.21 bits per heavy atom. The molecule has 1 fully saturated rings. The van der Waals surface area contributed by atoms with Crippen molar-refractivity contribution >= 4 is 5.91 Å². The van der Waals surface area contributed by atoms with Gasteiger partial charge in [-0.25, -0.2) is 0 Å². The fourth-order valence-corrected chi connectivity index (χ4v) is 2.31. The van der Waals surface area contributed by atoms with Gasteiger partial charge in [0.25, 0.3) is 0 Å². The summed E-state index contributed by atoms with van der Waals surface area (Å²) in [7, 11) is 0. The normalized spacial score (nSPS) is 21.9. The zero-order chi connectivity index (χ0) is 13.7. The molecule has 3 atom stereocenters. The lowest BCUT2D eigenvalue weighted by atomic mass is 9.94. The molecule has 3 N–H and O–H groups in total. The highest BCUT2D eigenvalue weighted by Crippen LogP contribution is 2.19. The summed E-state index contributed by atoms with van der Waals surface area (Å²) in [6.07, 6.45) is 2.28. The average molecular weight is 262 g/mol. The summed E-state index contributed by atoms with van der Waals surface area (Å²) in [5, 5.41) is 2.93. The highest BCUT2D eigenvalue weighted by atomic mass is 16.5. The van der Waals surface area contributed by atoms with Crippen LogP contribution in [-0.2, 0) is 9.53 Å². The molecule has 0 saturated carbocycles. The average Bonchev–Trinajstić information content (AvgIpc) is 2.97. The Hall–Kier alpha value is -1.39. The van der Waals surface area contributed by atoms with Crippen LogP contribution in [-0.4, -0.2) is 25.2 Å². The molecule has 1 aliphatic rings. The Labute approximate surface area is 114 Å². The van der Waals surface area contributed by atoms with Gasteiger partial charge in [-0.3, -0.25) is 4.79 Å². The number of amides is 1. The van der Waals surface area contributed by atoms with E-state index in [1.165, 1.54) is 0 Å². The van der Waals surface area contributed by atoms with Crippen LogP contribution in [0.2, 0.25) is 0 Å². The van der Waals surface area contributed by atoms with Crippen LogP contribution in [0.3, 0.4) is 0 Å². The number of carbonyl (C=O) groups excluding carboxylic acids is 1. The second-order valence-corrected chi connectivity index (χ2v) is 5.11. The van der Waals surface area contributed by atoms with Gasteiger partial charge >= 0.3 is 0 Å². The van der Waals surface area contributed by atoms with E-state index in [0.717, 1.165) is 25.0 Å². The number of hydrogen-bond acceptors (Lipinski definition) is 3. The van der Waals surface area contributed by atoms with E-state index in [9.17, 15) is 4.79 Å². The van der Waals surface area contributed by atoms with E-state index >= 15 is 0 Å². The first-order chi connectivity index (χ1) is 9.18. The predicted molar refractivity (Wildman–Crippen MR) is 74.5 cm³/mol. The minimum Gasteiger partial charge on any atom is -0.376 e. The molecule has 19 heavy (non-hydrogen) atoms. The van der Waals surface area contributed by atoms with Gasteiger partial charge in [0.15, 0.2) is 0 Å². The number of nitrogens with one attached hydrogen (secondary N) is 1. The monoisotopic (exact) mass is 262 g/mol. The lowest BCUT2D eigenvalue weighted by molar-refractivity contribution is -0.125. The van der Waals surface area contributed by atoms with Crippen molar-refractivity contribution in [1.29, 1.82) is 0 Å². The summed E-state index contributed by atoms with van der Waals surface area (Å²) in [4.78, 5) is 12.1. The van der Waals surface area contributed by atoms with Crippen molar-refractivity contribution in [2.45, 2.75) is 31.9 Å². The third kappa shape index (κ3) is 3.78. The fourth-order valence-electron chi connectivity index (χ4n) is 2.31. The van der Waals surface area contributed by atoms with E-state index in [0.29, 0.717) is 6.54 Å². The maximum absolute atomic E-state index is 12.1. The van der Waals surface area contributed by atoms with Gasteiger partial charge in [0.05, 0.1) is 12.0 Å². The molecule has 104 valence electrons. The summed E-state index contributed by atoms with van der Waals surface area (Å²) in [5.74, 6) is -0.254. The highest BCUT2D eigenvalue weighted by molar-refractivity contribution is 5.79. The van der Waals surface area contributed by atoms with E-state index in [-0.39, 0.29) is 24.0 Å². The molecule has 1 amide bonds. The van der Waals surface area contributed by atoms with Crippen molar-refractivity contribution < 1.29 is 9.53 Å². The predicted octanol–water partition coefficient (Wildman–Crippen LogP) is 1.62. The number of nitrogens with two attached hydrogens (primary N) is 1. The van der Waals surface area contributed by atoms with Crippen molar-refractivity contribution in [2.75, 3.05) is 13.2 Å². The fraction of sp³-hybridized carbons (Fsp3) is 0.533. The molecule has 2 rings (SSSR count). The molecule has 0 spiro atoms. The first-order valence-electron chi connectivity index (χ1n) is 6.88. The van der Waals surface area contributed by atoms with Crippen LogP contribution in [0.5, 0.6) is 0 Å². The number of hydrogen-bond donors (Lipinski definition) is 2. The van der Waals surface area contributed by atoms with Crippen LogP contribution in [0.1, 0.15) is 31.4 Å². The topological polar surface area (TPSA) is 64.3 Å². The maximum atomic E-state index is 12.1. The first-order valence-corrected chi connectivity index (χ1v) is 6.88. The second-order valence-electron chi connectivity index (χ2n) is 5.11. The van der Waals surface area contributed by atoms with Crippen molar-refractivity contribution in [3.8, 4) is 0 Å². The molecular formula is C15H22N2O2. The van der Waals surface area contributed by atoms with Crippen LogP contribution in [0, 0.1) is 5.92 Å². The zero-order valence-electron chi connectivity index (χ0n) is 11.3. The van der Waals surface area contributed by atoms with Gasteiger partial charge in [-0.1, -0.05) is 37.3 Å². The maximum Gasteiger partial charge on any atom is 0.224 e. The molecule has 1 saturated heterocycles. The Kier molecular flexibility index (Phi) is 4.93. The highest BCUT2D eigenvalue weighted by Gasteiger charge is 2.23. The molecule has 1 heterocycles. The van der Waals surface area contributed by atoms with Crippen molar-refractivity contribution in [3.63, 3.8) is 0 Å². The van der Waals surface area contributed by atoms with Crippen molar-refractivity contribution in [2.24, 2.45) is 11.7 Å². The second kappa shape index (κ2) is 6.68. The van der Waals surface area contributed by atoms with E-state index < -0.39 is 0 Å². The minimum absolute atomic E-state index is 0.00754. The SMILES string of the molecule is C[C@@H](C(=O)NCC1CCCO1)C(N)c1ccccc1. The van der Waals surface area contributed by atoms with Crippen LogP contribution in [0.15, 0.2) is 30.3 Å².